The number of thiazole rings is 1. The maximum absolute atomic E-state index is 13.3. The molecule has 1 aromatic carbocycles. The van der Waals surface area contributed by atoms with Gasteiger partial charge in [0.05, 0.1) is 51.6 Å². The Balaban J connectivity index is 1.51. The van der Waals surface area contributed by atoms with Crippen LogP contribution in [0.15, 0.2) is 50.4 Å². The Morgan fingerprint density at radius 3 is 2.70 bits per heavy atom. The minimum atomic E-state index is -0.0144. The second kappa shape index (κ2) is 8.68. The van der Waals surface area contributed by atoms with Gasteiger partial charge < -0.3 is 4.74 Å². The summed E-state index contributed by atoms with van der Waals surface area (Å²) in [5.41, 5.74) is 1.67. The summed E-state index contributed by atoms with van der Waals surface area (Å²) in [5, 5.41) is 3.59. The van der Waals surface area contributed by atoms with E-state index < -0.39 is 0 Å². The molecule has 0 bridgehead atoms. The normalized spacial score (nSPS) is 15.1. The number of benzene rings is 1. The van der Waals surface area contributed by atoms with E-state index >= 15 is 0 Å². The van der Waals surface area contributed by atoms with Crippen LogP contribution in [0.25, 0.3) is 21.5 Å². The van der Waals surface area contributed by atoms with E-state index in [1.54, 1.807) is 27.2 Å². The zero-order chi connectivity index (χ0) is 20.5. The molecule has 0 unspecified atom stereocenters. The van der Waals surface area contributed by atoms with Crippen molar-refractivity contribution in [1.82, 2.24) is 19.4 Å². The quantitative estimate of drug-likeness (QED) is 0.408. The maximum Gasteiger partial charge on any atom is 0.261 e. The molecule has 3 aromatic heterocycles. The first-order chi connectivity index (χ1) is 14.7. The average molecular weight is 503 g/mol. The number of thiophene rings is 1. The molecule has 1 fully saturated rings. The molecule has 9 heteroatoms. The van der Waals surface area contributed by atoms with Crippen molar-refractivity contribution in [3.8, 4) is 10.6 Å². The molecule has 4 aromatic rings. The molecule has 0 amide bonds. The van der Waals surface area contributed by atoms with Gasteiger partial charge in [0.25, 0.3) is 5.56 Å². The topological polar surface area (TPSA) is 60.3 Å². The lowest BCUT2D eigenvalue weighted by molar-refractivity contribution is 0.0325. The number of hydrogen-bond donors (Lipinski definition) is 0. The lowest BCUT2D eigenvalue weighted by Gasteiger charge is -2.27. The third-order valence-corrected chi connectivity index (χ3v) is 7.56. The number of rotatable bonds is 5. The van der Waals surface area contributed by atoms with E-state index in [4.69, 9.17) is 14.7 Å². The van der Waals surface area contributed by atoms with Crippen LogP contribution in [-0.4, -0.2) is 45.7 Å². The Hall–Kier alpha value is -1.91. The smallest absolute Gasteiger partial charge is 0.261 e. The van der Waals surface area contributed by atoms with Crippen molar-refractivity contribution >= 4 is 49.5 Å². The molecule has 1 saturated heterocycles. The molecule has 0 aliphatic carbocycles. The first-order valence-electron chi connectivity index (χ1n) is 9.66. The predicted molar refractivity (Wildman–Crippen MR) is 124 cm³/mol. The van der Waals surface area contributed by atoms with Crippen LogP contribution in [0.1, 0.15) is 10.8 Å². The van der Waals surface area contributed by atoms with E-state index in [9.17, 15) is 4.79 Å². The molecular formula is C21H19BrN4O2S2. The van der Waals surface area contributed by atoms with Crippen LogP contribution >= 0.6 is 38.6 Å². The van der Waals surface area contributed by atoms with Crippen molar-refractivity contribution in [3.63, 3.8) is 0 Å². The standard InChI is InChI=1S/C21H19BrN4O2S2/c22-18-6-5-17(30-18)16-13-29-20(24-16)12-26-19(11-25-7-9-28-10-8-25)23-15-4-2-1-3-14(15)21(26)27/h1-6,13H,7-12H2. The minimum absolute atomic E-state index is 0.0144. The Labute approximate surface area is 189 Å². The van der Waals surface area contributed by atoms with Gasteiger partial charge >= 0.3 is 0 Å². The van der Waals surface area contributed by atoms with Gasteiger partial charge in [0.15, 0.2) is 0 Å². The van der Waals surface area contributed by atoms with Crippen molar-refractivity contribution in [1.29, 1.82) is 0 Å². The van der Waals surface area contributed by atoms with Crippen molar-refractivity contribution in [2.75, 3.05) is 26.3 Å². The zero-order valence-electron chi connectivity index (χ0n) is 16.1. The molecule has 0 spiro atoms. The number of morpholine rings is 1. The Bertz CT molecular complexity index is 1240. The number of ether oxygens (including phenoxy) is 1. The molecule has 6 nitrogen and oxygen atoms in total. The van der Waals surface area contributed by atoms with Crippen molar-refractivity contribution in [3.05, 3.63) is 66.8 Å². The van der Waals surface area contributed by atoms with Crippen molar-refractivity contribution < 1.29 is 4.74 Å². The largest absolute Gasteiger partial charge is 0.379 e. The molecular weight excluding hydrogens is 484 g/mol. The van der Waals surface area contributed by atoms with E-state index in [2.05, 4.69) is 32.3 Å². The second-order valence-electron chi connectivity index (χ2n) is 7.06. The number of para-hydroxylation sites is 1. The first-order valence-corrected chi connectivity index (χ1v) is 12.1. The number of fused-ring (bicyclic) bond motifs is 1. The number of nitrogens with zero attached hydrogens (tertiary/aromatic N) is 4. The highest BCUT2D eigenvalue weighted by Gasteiger charge is 2.18. The fraction of sp³-hybridized carbons (Fsp3) is 0.286. The van der Waals surface area contributed by atoms with Crippen LogP contribution in [-0.2, 0) is 17.8 Å². The molecule has 0 radical (unpaired) electrons. The van der Waals surface area contributed by atoms with E-state index in [-0.39, 0.29) is 5.56 Å². The molecule has 30 heavy (non-hydrogen) atoms. The van der Waals surface area contributed by atoms with Crippen LogP contribution in [0.4, 0.5) is 0 Å². The monoisotopic (exact) mass is 502 g/mol. The minimum Gasteiger partial charge on any atom is -0.379 e. The predicted octanol–water partition coefficient (Wildman–Crippen LogP) is 4.22. The first kappa shape index (κ1) is 20.0. The number of halogens is 1. The Morgan fingerprint density at radius 2 is 1.90 bits per heavy atom. The molecule has 1 aliphatic rings. The van der Waals surface area contributed by atoms with Crippen molar-refractivity contribution in [2.24, 2.45) is 0 Å². The molecule has 0 N–H and O–H groups in total. The molecule has 4 heterocycles. The lowest BCUT2D eigenvalue weighted by atomic mass is 10.2. The third-order valence-electron chi connectivity index (χ3n) is 5.08. The Kier molecular flexibility index (Phi) is 5.79. The Morgan fingerprint density at radius 1 is 1.07 bits per heavy atom. The highest BCUT2D eigenvalue weighted by atomic mass is 79.9. The van der Waals surface area contributed by atoms with Gasteiger partial charge in [-0.2, -0.15) is 0 Å². The van der Waals surface area contributed by atoms with Gasteiger partial charge in [-0.25, -0.2) is 9.97 Å². The summed E-state index contributed by atoms with van der Waals surface area (Å²) in [6, 6.07) is 11.6. The van der Waals surface area contributed by atoms with Gasteiger partial charge in [-0.3, -0.25) is 14.3 Å². The summed E-state index contributed by atoms with van der Waals surface area (Å²) >= 11 is 6.74. The van der Waals surface area contributed by atoms with Crippen LogP contribution in [0.3, 0.4) is 0 Å². The molecule has 1 aliphatic heterocycles. The summed E-state index contributed by atoms with van der Waals surface area (Å²) < 4.78 is 8.32. The highest BCUT2D eigenvalue weighted by Crippen LogP contribution is 2.32. The van der Waals surface area contributed by atoms with E-state index in [1.165, 1.54) is 0 Å². The van der Waals surface area contributed by atoms with Crippen LogP contribution in [0, 0.1) is 0 Å². The second-order valence-corrected chi connectivity index (χ2v) is 10.5. The summed E-state index contributed by atoms with van der Waals surface area (Å²) in [5.74, 6) is 0.774. The summed E-state index contributed by atoms with van der Waals surface area (Å²) in [6.45, 7) is 4.16. The highest BCUT2D eigenvalue weighted by molar-refractivity contribution is 9.11. The van der Waals surface area contributed by atoms with Crippen LogP contribution in [0.2, 0.25) is 0 Å². The number of aromatic nitrogens is 3. The lowest BCUT2D eigenvalue weighted by Crippen LogP contribution is -2.38. The van der Waals surface area contributed by atoms with Gasteiger partial charge in [0.1, 0.15) is 10.8 Å². The summed E-state index contributed by atoms with van der Waals surface area (Å²) in [6.07, 6.45) is 0. The van der Waals surface area contributed by atoms with E-state index in [1.807, 2.05) is 30.3 Å². The van der Waals surface area contributed by atoms with E-state index in [0.29, 0.717) is 31.7 Å². The average Bonchev–Trinajstić information content (AvgIpc) is 3.40. The van der Waals surface area contributed by atoms with Gasteiger partial charge in [-0.1, -0.05) is 12.1 Å². The fourth-order valence-corrected chi connectivity index (χ4v) is 5.74. The number of hydrogen-bond acceptors (Lipinski definition) is 7. The molecule has 154 valence electrons. The zero-order valence-corrected chi connectivity index (χ0v) is 19.3. The van der Waals surface area contributed by atoms with Gasteiger partial charge in [0, 0.05) is 18.5 Å². The molecule has 0 atom stereocenters. The van der Waals surface area contributed by atoms with E-state index in [0.717, 1.165) is 43.8 Å². The van der Waals surface area contributed by atoms with Gasteiger partial charge in [-0.15, -0.1) is 22.7 Å². The van der Waals surface area contributed by atoms with Gasteiger partial charge in [-0.05, 0) is 40.2 Å². The summed E-state index contributed by atoms with van der Waals surface area (Å²) in [4.78, 5) is 26.4. The van der Waals surface area contributed by atoms with Crippen molar-refractivity contribution in [2.45, 2.75) is 13.1 Å². The van der Waals surface area contributed by atoms with Gasteiger partial charge in [0.2, 0.25) is 0 Å². The molecule has 0 saturated carbocycles. The fourth-order valence-electron chi connectivity index (χ4n) is 3.54. The maximum atomic E-state index is 13.3. The third kappa shape index (κ3) is 4.13. The molecule has 5 rings (SSSR count). The van der Waals surface area contributed by atoms with Crippen LogP contribution < -0.4 is 5.56 Å². The van der Waals surface area contributed by atoms with Crippen LogP contribution in [0.5, 0.6) is 0 Å². The SMILES string of the molecule is O=c1c2ccccc2nc(CN2CCOCC2)n1Cc1nc(-c2ccc(Br)s2)cs1. The summed E-state index contributed by atoms with van der Waals surface area (Å²) in [7, 11) is 0.